The molecule has 1 fully saturated rings. The highest BCUT2D eigenvalue weighted by molar-refractivity contribution is 5.86. The maximum Gasteiger partial charge on any atom is 0.358 e. The van der Waals surface area contributed by atoms with E-state index in [1.54, 1.807) is 0 Å². The van der Waals surface area contributed by atoms with Gasteiger partial charge in [-0.05, 0) is 18.9 Å². The van der Waals surface area contributed by atoms with Crippen molar-refractivity contribution in [3.8, 4) is 0 Å². The van der Waals surface area contributed by atoms with Crippen LogP contribution in [0, 0.1) is 5.92 Å². The summed E-state index contributed by atoms with van der Waals surface area (Å²) in [6, 6.07) is 0.0137. The van der Waals surface area contributed by atoms with E-state index in [1.807, 2.05) is 0 Å². The first kappa shape index (κ1) is 9.14. The quantitative estimate of drug-likeness (QED) is 0.627. The van der Waals surface area contributed by atoms with E-state index < -0.39 is 5.97 Å². The van der Waals surface area contributed by atoms with Crippen LogP contribution in [0.4, 0.5) is 0 Å². The molecule has 3 N–H and O–H groups in total. The van der Waals surface area contributed by atoms with Crippen LogP contribution in [-0.2, 0) is 0 Å². The molecule has 1 aromatic rings. The van der Waals surface area contributed by atoms with Gasteiger partial charge < -0.3 is 10.4 Å². The molecule has 0 aliphatic carbocycles. The Bertz CT molecular complexity index is 349. The number of nitrogens with one attached hydrogen (secondary N) is 2. The lowest BCUT2D eigenvalue weighted by atomic mass is 9.99. The molecule has 1 aliphatic heterocycles. The molecule has 1 saturated heterocycles. The molecule has 2 rings (SSSR count). The molecular weight excluding hydrogens is 184 g/mol. The van der Waals surface area contributed by atoms with Crippen LogP contribution in [-0.4, -0.2) is 33.0 Å². The largest absolute Gasteiger partial charge is 0.476 e. The van der Waals surface area contributed by atoms with Crippen molar-refractivity contribution in [2.24, 2.45) is 5.92 Å². The van der Waals surface area contributed by atoms with Gasteiger partial charge in [0.2, 0.25) is 0 Å². The highest BCUT2D eigenvalue weighted by atomic mass is 16.4. The summed E-state index contributed by atoms with van der Waals surface area (Å²) < 4.78 is 0. The fourth-order valence-electron chi connectivity index (χ4n) is 1.81. The van der Waals surface area contributed by atoms with Crippen LogP contribution < -0.4 is 5.32 Å². The van der Waals surface area contributed by atoms with Gasteiger partial charge in [-0.2, -0.15) is 10.3 Å². The molecule has 6 nitrogen and oxygen atoms in total. The summed E-state index contributed by atoms with van der Waals surface area (Å²) in [4.78, 5) is 10.8. The van der Waals surface area contributed by atoms with Gasteiger partial charge in [-0.3, -0.25) is 0 Å². The van der Waals surface area contributed by atoms with Gasteiger partial charge in [-0.25, -0.2) is 4.79 Å². The fourth-order valence-corrected chi connectivity index (χ4v) is 1.81. The van der Waals surface area contributed by atoms with Crippen LogP contribution in [0.15, 0.2) is 0 Å². The second kappa shape index (κ2) is 3.38. The maximum absolute atomic E-state index is 10.8. The van der Waals surface area contributed by atoms with Gasteiger partial charge in [-0.1, -0.05) is 6.92 Å². The molecule has 0 aromatic carbocycles. The Morgan fingerprint density at radius 3 is 2.93 bits per heavy atom. The van der Waals surface area contributed by atoms with Crippen LogP contribution in [0.5, 0.6) is 0 Å². The summed E-state index contributed by atoms with van der Waals surface area (Å²) in [7, 11) is 0. The third-order valence-electron chi connectivity index (χ3n) is 2.61. The number of aromatic nitrogens is 3. The van der Waals surface area contributed by atoms with Gasteiger partial charge in [-0.15, -0.1) is 5.10 Å². The minimum Gasteiger partial charge on any atom is -0.476 e. The van der Waals surface area contributed by atoms with E-state index in [4.69, 9.17) is 5.11 Å². The molecule has 6 heteroatoms. The summed E-state index contributed by atoms with van der Waals surface area (Å²) >= 11 is 0. The smallest absolute Gasteiger partial charge is 0.358 e. The molecule has 0 radical (unpaired) electrons. The number of rotatable bonds is 2. The molecule has 2 heterocycles. The minimum absolute atomic E-state index is 0.0137. The van der Waals surface area contributed by atoms with Crippen molar-refractivity contribution in [2.75, 3.05) is 6.54 Å². The predicted molar refractivity (Wildman–Crippen MR) is 47.9 cm³/mol. The van der Waals surface area contributed by atoms with Crippen molar-refractivity contribution in [2.45, 2.75) is 19.4 Å². The molecule has 14 heavy (non-hydrogen) atoms. The molecule has 0 amide bonds. The van der Waals surface area contributed by atoms with E-state index in [0.717, 1.165) is 13.0 Å². The summed E-state index contributed by atoms with van der Waals surface area (Å²) in [5.74, 6) is -0.632. The van der Waals surface area contributed by atoms with Crippen LogP contribution in [0.25, 0.3) is 0 Å². The first-order chi connectivity index (χ1) is 6.70. The Balaban J connectivity index is 2.31. The number of nitrogens with zero attached hydrogens (tertiary/aromatic N) is 2. The zero-order valence-corrected chi connectivity index (χ0v) is 7.82. The number of carboxylic acid groups (broad SMARTS) is 1. The van der Waals surface area contributed by atoms with Crippen molar-refractivity contribution in [1.82, 2.24) is 20.7 Å². The number of aromatic amines is 1. The normalized spacial score (nSPS) is 26.6. The van der Waals surface area contributed by atoms with Crippen LogP contribution in [0.3, 0.4) is 0 Å². The Labute approximate surface area is 80.7 Å². The molecular formula is C8H12N4O2. The first-order valence-corrected chi connectivity index (χ1v) is 4.57. The zero-order valence-electron chi connectivity index (χ0n) is 7.82. The van der Waals surface area contributed by atoms with Gasteiger partial charge in [0.05, 0.1) is 6.04 Å². The number of carboxylic acids is 1. The molecule has 2 atom stereocenters. The Morgan fingerprint density at radius 1 is 1.57 bits per heavy atom. The van der Waals surface area contributed by atoms with Crippen LogP contribution in [0.2, 0.25) is 0 Å². The average molecular weight is 196 g/mol. The molecule has 1 aromatic heterocycles. The summed E-state index contributed by atoms with van der Waals surface area (Å²) in [5.41, 5.74) is 0.541. The summed E-state index contributed by atoms with van der Waals surface area (Å²) in [5, 5.41) is 21.9. The third kappa shape index (κ3) is 1.37. The predicted octanol–water partition coefficient (Wildman–Crippen LogP) is 0.173. The van der Waals surface area contributed by atoms with E-state index in [1.165, 1.54) is 0 Å². The summed E-state index contributed by atoms with van der Waals surface area (Å²) in [6.45, 7) is 2.97. The highest BCUT2D eigenvalue weighted by Crippen LogP contribution is 2.28. The lowest BCUT2D eigenvalue weighted by molar-refractivity contribution is 0.0688. The standard InChI is InChI=1S/C8H12N4O2/c1-4-2-3-9-5(4)6-7(8(13)14)11-12-10-6/h4-5,9H,2-3H2,1H3,(H,13,14)(H,10,11,12). The Morgan fingerprint density at radius 2 is 2.36 bits per heavy atom. The summed E-state index contributed by atoms with van der Waals surface area (Å²) in [6.07, 6.45) is 1.04. The van der Waals surface area contributed by atoms with Crippen molar-refractivity contribution < 1.29 is 9.90 Å². The molecule has 76 valence electrons. The van der Waals surface area contributed by atoms with E-state index in [-0.39, 0.29) is 11.7 Å². The Hall–Kier alpha value is -1.43. The van der Waals surface area contributed by atoms with Crippen molar-refractivity contribution in [3.63, 3.8) is 0 Å². The maximum atomic E-state index is 10.8. The van der Waals surface area contributed by atoms with Gasteiger partial charge >= 0.3 is 5.97 Å². The number of carbonyl (C=O) groups is 1. The average Bonchev–Trinajstić information content (AvgIpc) is 2.70. The lowest BCUT2D eigenvalue weighted by Crippen LogP contribution is -2.19. The van der Waals surface area contributed by atoms with Crippen molar-refractivity contribution >= 4 is 5.97 Å². The van der Waals surface area contributed by atoms with Gasteiger partial charge in [0.15, 0.2) is 5.69 Å². The Kier molecular flexibility index (Phi) is 2.20. The fraction of sp³-hybridized carbons (Fsp3) is 0.625. The van der Waals surface area contributed by atoms with E-state index in [0.29, 0.717) is 11.6 Å². The van der Waals surface area contributed by atoms with Crippen LogP contribution in [0.1, 0.15) is 35.6 Å². The number of hydrogen-bond acceptors (Lipinski definition) is 4. The SMILES string of the molecule is CC1CCNC1c1n[nH]nc1C(=O)O. The number of H-pyrrole nitrogens is 1. The van der Waals surface area contributed by atoms with Crippen molar-refractivity contribution in [1.29, 1.82) is 0 Å². The molecule has 0 spiro atoms. The topological polar surface area (TPSA) is 90.9 Å². The second-order valence-electron chi connectivity index (χ2n) is 3.56. The molecule has 0 saturated carbocycles. The molecule has 2 unspecified atom stereocenters. The monoisotopic (exact) mass is 196 g/mol. The highest BCUT2D eigenvalue weighted by Gasteiger charge is 2.31. The third-order valence-corrected chi connectivity index (χ3v) is 2.61. The van der Waals surface area contributed by atoms with Crippen LogP contribution >= 0.6 is 0 Å². The van der Waals surface area contributed by atoms with Gasteiger partial charge in [0.25, 0.3) is 0 Å². The van der Waals surface area contributed by atoms with Gasteiger partial charge in [0.1, 0.15) is 5.69 Å². The molecule has 0 bridgehead atoms. The minimum atomic E-state index is -1.03. The van der Waals surface area contributed by atoms with Gasteiger partial charge in [0, 0.05) is 0 Å². The first-order valence-electron chi connectivity index (χ1n) is 4.57. The zero-order chi connectivity index (χ0) is 10.1. The molecule has 1 aliphatic rings. The number of hydrogen-bond donors (Lipinski definition) is 3. The van der Waals surface area contributed by atoms with E-state index in [2.05, 4.69) is 27.7 Å². The van der Waals surface area contributed by atoms with E-state index in [9.17, 15) is 4.79 Å². The lowest BCUT2D eigenvalue weighted by Gasteiger charge is -2.12. The van der Waals surface area contributed by atoms with Crippen molar-refractivity contribution in [3.05, 3.63) is 11.4 Å². The van der Waals surface area contributed by atoms with E-state index >= 15 is 0 Å². The second-order valence-corrected chi connectivity index (χ2v) is 3.56. The number of aromatic carboxylic acids is 1.